The molecule has 2 aromatic rings. The van der Waals surface area contributed by atoms with Gasteiger partial charge in [-0.3, -0.25) is 24.6 Å². The van der Waals surface area contributed by atoms with E-state index in [9.17, 15) is 19.7 Å². The molecule has 150 valence electrons. The van der Waals surface area contributed by atoms with Crippen molar-refractivity contribution < 1.29 is 14.5 Å². The topological polar surface area (TPSA) is 92.6 Å². The maximum absolute atomic E-state index is 13.1. The number of nitrogens with zero attached hydrogens (tertiary/aromatic N) is 2. The number of nitro benzene ring substituents is 1. The number of hydrogen-bond acceptors (Lipinski definition) is 5. The second-order valence-corrected chi connectivity index (χ2v) is 7.61. The van der Waals surface area contributed by atoms with Crippen LogP contribution in [0.2, 0.25) is 5.02 Å². The van der Waals surface area contributed by atoms with Gasteiger partial charge >= 0.3 is 0 Å². The van der Waals surface area contributed by atoms with Crippen molar-refractivity contribution in [3.8, 4) is 0 Å². The summed E-state index contributed by atoms with van der Waals surface area (Å²) in [5.41, 5.74) is 2.01. The van der Waals surface area contributed by atoms with Crippen LogP contribution in [0.1, 0.15) is 25.0 Å². The Kier molecular flexibility index (Phi) is 5.70. The molecule has 0 bridgehead atoms. The lowest BCUT2D eigenvalue weighted by molar-refractivity contribution is -0.384. The highest BCUT2D eigenvalue weighted by atomic mass is 35.5. The van der Waals surface area contributed by atoms with E-state index in [-0.39, 0.29) is 29.4 Å². The zero-order valence-electron chi connectivity index (χ0n) is 16.2. The van der Waals surface area contributed by atoms with Gasteiger partial charge in [0.2, 0.25) is 0 Å². The van der Waals surface area contributed by atoms with E-state index in [0.29, 0.717) is 16.3 Å². The fraction of sp³-hybridized carbons (Fsp3) is 0.238. The number of anilines is 1. The van der Waals surface area contributed by atoms with E-state index >= 15 is 0 Å². The SMILES string of the molecule is Cc1c(Cl)cccc1NC1=C(c2ccc([N+](=O)[O-])cc2)C(=O)N(CC(C)C)C1=O. The van der Waals surface area contributed by atoms with Crippen LogP contribution in [0.25, 0.3) is 5.57 Å². The van der Waals surface area contributed by atoms with E-state index in [2.05, 4.69) is 5.32 Å². The molecule has 0 aliphatic carbocycles. The fourth-order valence-corrected chi connectivity index (χ4v) is 3.29. The Balaban J connectivity index is 2.10. The zero-order chi connectivity index (χ0) is 21.3. The molecule has 1 aliphatic rings. The summed E-state index contributed by atoms with van der Waals surface area (Å²) in [6, 6.07) is 10.8. The number of nitrogens with one attached hydrogen (secondary N) is 1. The molecule has 1 N–H and O–H groups in total. The first-order chi connectivity index (χ1) is 13.7. The summed E-state index contributed by atoms with van der Waals surface area (Å²) >= 11 is 6.18. The van der Waals surface area contributed by atoms with Crippen molar-refractivity contribution in [3.63, 3.8) is 0 Å². The smallest absolute Gasteiger partial charge is 0.278 e. The molecule has 8 heteroatoms. The Morgan fingerprint density at radius 1 is 1.10 bits per heavy atom. The second-order valence-electron chi connectivity index (χ2n) is 7.21. The molecule has 0 unspecified atom stereocenters. The molecular formula is C21H20ClN3O4. The Bertz CT molecular complexity index is 1030. The number of carbonyl (C=O) groups excluding carboxylic acids is 2. The molecule has 1 heterocycles. The molecule has 0 saturated carbocycles. The summed E-state index contributed by atoms with van der Waals surface area (Å²) in [7, 11) is 0. The summed E-state index contributed by atoms with van der Waals surface area (Å²) in [6.07, 6.45) is 0. The van der Waals surface area contributed by atoms with Crippen LogP contribution in [-0.2, 0) is 9.59 Å². The van der Waals surface area contributed by atoms with Crippen molar-refractivity contribution in [3.05, 3.63) is 74.4 Å². The van der Waals surface area contributed by atoms with E-state index in [1.54, 1.807) is 18.2 Å². The predicted octanol–water partition coefficient (Wildman–Crippen LogP) is 4.40. The molecule has 3 rings (SSSR count). The van der Waals surface area contributed by atoms with Crippen molar-refractivity contribution in [2.45, 2.75) is 20.8 Å². The van der Waals surface area contributed by atoms with Gasteiger partial charge in [-0.15, -0.1) is 0 Å². The van der Waals surface area contributed by atoms with Crippen LogP contribution in [0.15, 0.2) is 48.2 Å². The second kappa shape index (κ2) is 8.05. The van der Waals surface area contributed by atoms with Gasteiger partial charge < -0.3 is 5.32 Å². The zero-order valence-corrected chi connectivity index (χ0v) is 17.0. The summed E-state index contributed by atoms with van der Waals surface area (Å²) in [4.78, 5) is 37.7. The van der Waals surface area contributed by atoms with Crippen molar-refractivity contribution in [2.75, 3.05) is 11.9 Å². The van der Waals surface area contributed by atoms with Crippen molar-refractivity contribution in [2.24, 2.45) is 5.92 Å². The Labute approximate surface area is 173 Å². The quantitative estimate of drug-likeness (QED) is 0.430. The minimum Gasteiger partial charge on any atom is -0.350 e. The lowest BCUT2D eigenvalue weighted by Gasteiger charge is -2.17. The number of benzene rings is 2. The maximum Gasteiger partial charge on any atom is 0.278 e. The number of amides is 2. The third kappa shape index (κ3) is 4.00. The first-order valence-corrected chi connectivity index (χ1v) is 9.46. The van der Waals surface area contributed by atoms with Gasteiger partial charge in [0.1, 0.15) is 5.70 Å². The van der Waals surface area contributed by atoms with Crippen LogP contribution in [0.4, 0.5) is 11.4 Å². The highest BCUT2D eigenvalue weighted by molar-refractivity contribution is 6.36. The molecule has 29 heavy (non-hydrogen) atoms. The maximum atomic E-state index is 13.1. The largest absolute Gasteiger partial charge is 0.350 e. The first kappa shape index (κ1) is 20.5. The minimum atomic E-state index is -0.515. The fourth-order valence-electron chi connectivity index (χ4n) is 3.12. The Hall–Kier alpha value is -3.19. The molecule has 0 radical (unpaired) electrons. The number of rotatable bonds is 6. The van der Waals surface area contributed by atoms with Crippen LogP contribution in [-0.4, -0.2) is 28.2 Å². The minimum absolute atomic E-state index is 0.0910. The van der Waals surface area contributed by atoms with Crippen molar-refractivity contribution in [1.29, 1.82) is 0 Å². The average Bonchev–Trinajstić information content (AvgIpc) is 2.89. The van der Waals surface area contributed by atoms with Crippen molar-refractivity contribution >= 4 is 40.4 Å². The van der Waals surface area contributed by atoms with Gasteiger partial charge in [-0.2, -0.15) is 0 Å². The summed E-state index contributed by atoms with van der Waals surface area (Å²) in [5.74, 6) is -0.774. The molecular weight excluding hydrogens is 394 g/mol. The van der Waals surface area contributed by atoms with Gasteiger partial charge in [-0.25, -0.2) is 0 Å². The van der Waals surface area contributed by atoms with Crippen LogP contribution >= 0.6 is 11.6 Å². The van der Waals surface area contributed by atoms with E-state index in [1.807, 2.05) is 20.8 Å². The van der Waals surface area contributed by atoms with Gasteiger partial charge in [-0.05, 0) is 48.2 Å². The van der Waals surface area contributed by atoms with Gasteiger partial charge in [0.25, 0.3) is 17.5 Å². The van der Waals surface area contributed by atoms with Crippen LogP contribution in [0.5, 0.6) is 0 Å². The number of imide groups is 1. The highest BCUT2D eigenvalue weighted by Gasteiger charge is 2.39. The van der Waals surface area contributed by atoms with Gasteiger partial charge in [-0.1, -0.05) is 31.5 Å². The standard InChI is InChI=1S/C21H20ClN3O4/c1-12(2)11-24-20(26)18(14-7-9-15(10-8-14)25(28)29)19(21(24)27)23-17-6-4-5-16(22)13(17)3/h4-10,12,23H,11H2,1-3H3. The monoisotopic (exact) mass is 413 g/mol. The van der Waals surface area contributed by atoms with E-state index in [1.165, 1.54) is 29.2 Å². The summed E-state index contributed by atoms with van der Waals surface area (Å²) < 4.78 is 0. The third-order valence-corrected chi connectivity index (χ3v) is 5.02. The van der Waals surface area contributed by atoms with Gasteiger partial charge in [0, 0.05) is 29.4 Å². The summed E-state index contributed by atoms with van der Waals surface area (Å²) in [6.45, 7) is 5.91. The highest BCUT2D eigenvalue weighted by Crippen LogP contribution is 2.33. The molecule has 0 fully saturated rings. The molecule has 0 saturated heterocycles. The Morgan fingerprint density at radius 2 is 1.76 bits per heavy atom. The van der Waals surface area contributed by atoms with E-state index in [4.69, 9.17) is 11.6 Å². The summed E-state index contributed by atoms with van der Waals surface area (Å²) in [5, 5.41) is 14.5. The number of non-ortho nitro benzene ring substituents is 1. The van der Waals surface area contributed by atoms with Crippen LogP contribution in [0, 0.1) is 23.0 Å². The predicted molar refractivity (Wildman–Crippen MR) is 111 cm³/mol. The number of hydrogen-bond donors (Lipinski definition) is 1. The molecule has 2 aromatic carbocycles. The molecule has 1 aliphatic heterocycles. The van der Waals surface area contributed by atoms with E-state index in [0.717, 1.165) is 5.56 Å². The third-order valence-electron chi connectivity index (χ3n) is 4.61. The van der Waals surface area contributed by atoms with Gasteiger partial charge in [0.15, 0.2) is 0 Å². The molecule has 0 aromatic heterocycles. The lowest BCUT2D eigenvalue weighted by Crippen LogP contribution is -2.35. The van der Waals surface area contributed by atoms with Crippen LogP contribution < -0.4 is 5.32 Å². The van der Waals surface area contributed by atoms with Gasteiger partial charge in [0.05, 0.1) is 10.5 Å². The lowest BCUT2D eigenvalue weighted by atomic mass is 10.0. The molecule has 0 atom stereocenters. The Morgan fingerprint density at radius 3 is 2.34 bits per heavy atom. The normalized spacial score (nSPS) is 14.2. The van der Waals surface area contributed by atoms with Crippen LogP contribution in [0.3, 0.4) is 0 Å². The molecule has 7 nitrogen and oxygen atoms in total. The number of halogens is 1. The molecule has 2 amide bonds. The van der Waals surface area contributed by atoms with E-state index < -0.39 is 16.7 Å². The molecule has 0 spiro atoms. The first-order valence-electron chi connectivity index (χ1n) is 9.08. The van der Waals surface area contributed by atoms with Crippen molar-refractivity contribution in [1.82, 2.24) is 4.90 Å². The number of nitro groups is 1. The number of carbonyl (C=O) groups is 2. The average molecular weight is 414 g/mol.